The Balaban J connectivity index is 1.57. The van der Waals surface area contributed by atoms with E-state index in [9.17, 15) is 14.4 Å². The van der Waals surface area contributed by atoms with Crippen molar-refractivity contribution in [1.82, 2.24) is 4.90 Å². The van der Waals surface area contributed by atoms with E-state index in [1.54, 1.807) is 24.3 Å². The van der Waals surface area contributed by atoms with Crippen LogP contribution in [0.4, 0.5) is 11.4 Å². The van der Waals surface area contributed by atoms with E-state index in [0.29, 0.717) is 23.7 Å². The van der Waals surface area contributed by atoms with Gasteiger partial charge in [0.25, 0.3) is 0 Å². The van der Waals surface area contributed by atoms with Gasteiger partial charge in [0.2, 0.25) is 17.7 Å². The average Bonchev–Trinajstić information content (AvgIpc) is 3.47. The Labute approximate surface area is 187 Å². The standard InChI is InChI=1S/C23H20BrN3O4/c1-31-17-7-3-2-5-15(17)27-20(28)18-16-6-4-10-26(16)23(19(18)21(27)29)13-11-12(24)8-9-14(13)25-22(23)30/h2-3,5,7-9,11,16,18-19H,4,6,10H2,1H3,(H,25,30)/t16-,18+,19-,23-/m0/s1. The van der Waals surface area contributed by atoms with E-state index in [2.05, 4.69) is 26.1 Å². The fraction of sp³-hybridized carbons (Fsp3) is 0.348. The summed E-state index contributed by atoms with van der Waals surface area (Å²) in [6.45, 7) is 0.687. The topological polar surface area (TPSA) is 78.9 Å². The van der Waals surface area contributed by atoms with Gasteiger partial charge in [-0.1, -0.05) is 28.1 Å². The number of benzene rings is 2. The highest BCUT2D eigenvalue weighted by Gasteiger charge is 2.74. The maximum atomic E-state index is 13.9. The predicted molar refractivity (Wildman–Crippen MR) is 117 cm³/mol. The molecule has 7 nitrogen and oxygen atoms in total. The van der Waals surface area contributed by atoms with Crippen molar-refractivity contribution in [2.75, 3.05) is 23.9 Å². The Kier molecular flexibility index (Phi) is 3.92. The molecular formula is C23H20BrN3O4. The Bertz CT molecular complexity index is 1170. The number of imide groups is 1. The van der Waals surface area contributed by atoms with Crippen molar-refractivity contribution in [3.05, 3.63) is 52.5 Å². The van der Waals surface area contributed by atoms with Crippen LogP contribution in [-0.2, 0) is 19.9 Å². The number of rotatable bonds is 2. The van der Waals surface area contributed by atoms with Crippen LogP contribution in [0, 0.1) is 11.8 Å². The molecule has 1 spiro atoms. The zero-order valence-corrected chi connectivity index (χ0v) is 18.4. The van der Waals surface area contributed by atoms with Gasteiger partial charge in [0.1, 0.15) is 11.3 Å². The first-order chi connectivity index (χ1) is 15.0. The van der Waals surface area contributed by atoms with E-state index in [4.69, 9.17) is 4.74 Å². The Hall–Kier alpha value is -2.71. The molecule has 8 heteroatoms. The van der Waals surface area contributed by atoms with Gasteiger partial charge in [-0.25, -0.2) is 4.90 Å². The highest BCUT2D eigenvalue weighted by Crippen LogP contribution is 2.61. The molecular weight excluding hydrogens is 462 g/mol. The number of carbonyl (C=O) groups excluding carboxylic acids is 3. The van der Waals surface area contributed by atoms with E-state index < -0.39 is 17.4 Å². The number of methoxy groups -OCH3 is 1. The number of ether oxygens (including phenoxy) is 1. The molecule has 31 heavy (non-hydrogen) atoms. The van der Waals surface area contributed by atoms with Gasteiger partial charge in [0, 0.05) is 21.8 Å². The summed E-state index contributed by atoms with van der Waals surface area (Å²) in [6, 6.07) is 12.5. The van der Waals surface area contributed by atoms with E-state index in [1.807, 2.05) is 18.2 Å². The Morgan fingerprint density at radius 3 is 2.74 bits per heavy atom. The van der Waals surface area contributed by atoms with Gasteiger partial charge in [0.15, 0.2) is 0 Å². The van der Waals surface area contributed by atoms with Crippen LogP contribution in [0.15, 0.2) is 46.9 Å². The summed E-state index contributed by atoms with van der Waals surface area (Å²) in [4.78, 5) is 44.6. The summed E-state index contributed by atoms with van der Waals surface area (Å²) < 4.78 is 6.26. The van der Waals surface area contributed by atoms with Crippen LogP contribution < -0.4 is 15.0 Å². The second-order valence-corrected chi connectivity index (χ2v) is 9.42. The fourth-order valence-corrected chi connectivity index (χ4v) is 6.59. The Morgan fingerprint density at radius 1 is 1.13 bits per heavy atom. The maximum absolute atomic E-state index is 13.9. The summed E-state index contributed by atoms with van der Waals surface area (Å²) in [6.07, 6.45) is 1.68. The van der Waals surface area contributed by atoms with Crippen molar-refractivity contribution < 1.29 is 19.1 Å². The van der Waals surface area contributed by atoms with Crippen LogP contribution in [-0.4, -0.2) is 42.3 Å². The number of nitrogens with one attached hydrogen (secondary N) is 1. The van der Waals surface area contributed by atoms with Crippen molar-refractivity contribution in [2.24, 2.45) is 11.8 Å². The van der Waals surface area contributed by atoms with Crippen LogP contribution in [0.25, 0.3) is 0 Å². The Morgan fingerprint density at radius 2 is 1.94 bits per heavy atom. The molecule has 3 saturated heterocycles. The summed E-state index contributed by atoms with van der Waals surface area (Å²) in [5.41, 5.74) is 0.737. The number of anilines is 2. The summed E-state index contributed by atoms with van der Waals surface area (Å²) in [5.74, 6) is -1.67. The molecule has 3 fully saturated rings. The van der Waals surface area contributed by atoms with E-state index in [0.717, 1.165) is 22.9 Å². The zero-order chi connectivity index (χ0) is 21.5. The SMILES string of the molecule is COc1ccccc1N1C(=O)[C@H]2[C@@H](C1=O)[C@@]1(C(=O)Nc3ccc(Br)cc31)N1CCC[C@@H]21. The smallest absolute Gasteiger partial charge is 0.250 e. The average molecular weight is 482 g/mol. The van der Waals surface area contributed by atoms with Gasteiger partial charge in [0.05, 0.1) is 24.6 Å². The zero-order valence-electron chi connectivity index (χ0n) is 16.8. The number of nitrogens with zero attached hydrogens (tertiary/aromatic N) is 2. The van der Waals surface area contributed by atoms with E-state index >= 15 is 0 Å². The summed E-state index contributed by atoms with van der Waals surface area (Å²) >= 11 is 3.52. The third kappa shape index (κ3) is 2.19. The first-order valence-electron chi connectivity index (χ1n) is 10.4. The molecule has 158 valence electrons. The number of halogens is 1. The first-order valence-corrected chi connectivity index (χ1v) is 11.2. The lowest BCUT2D eigenvalue weighted by Gasteiger charge is -2.36. The van der Waals surface area contributed by atoms with Crippen LogP contribution in [0.2, 0.25) is 0 Å². The molecule has 6 rings (SSSR count). The van der Waals surface area contributed by atoms with Crippen molar-refractivity contribution in [2.45, 2.75) is 24.4 Å². The first kappa shape index (κ1) is 19.0. The molecule has 2 aromatic carbocycles. The number of hydrogen-bond donors (Lipinski definition) is 1. The number of fused-ring (bicyclic) bond motifs is 7. The minimum atomic E-state index is -1.17. The van der Waals surface area contributed by atoms with E-state index in [1.165, 1.54) is 12.0 Å². The number of hydrogen-bond acceptors (Lipinski definition) is 5. The van der Waals surface area contributed by atoms with E-state index in [-0.39, 0.29) is 23.8 Å². The lowest BCUT2D eigenvalue weighted by Crippen LogP contribution is -2.54. The van der Waals surface area contributed by atoms with Gasteiger partial charge < -0.3 is 10.1 Å². The van der Waals surface area contributed by atoms with Crippen molar-refractivity contribution in [3.8, 4) is 5.75 Å². The third-order valence-corrected chi connectivity index (χ3v) is 7.77. The molecule has 4 aliphatic heterocycles. The number of amides is 3. The highest BCUT2D eigenvalue weighted by molar-refractivity contribution is 9.10. The minimum absolute atomic E-state index is 0.142. The number of para-hydroxylation sites is 2. The van der Waals surface area contributed by atoms with Crippen LogP contribution in [0.1, 0.15) is 18.4 Å². The lowest BCUT2D eigenvalue weighted by atomic mass is 9.75. The fourth-order valence-electron chi connectivity index (χ4n) is 6.23. The van der Waals surface area contributed by atoms with Crippen LogP contribution in [0.5, 0.6) is 5.75 Å². The molecule has 3 amide bonds. The molecule has 4 heterocycles. The molecule has 4 aliphatic rings. The van der Waals surface area contributed by atoms with Crippen molar-refractivity contribution in [1.29, 1.82) is 0 Å². The van der Waals surface area contributed by atoms with Crippen LogP contribution in [0.3, 0.4) is 0 Å². The molecule has 1 N–H and O–H groups in total. The maximum Gasteiger partial charge on any atom is 0.250 e. The molecule has 0 bridgehead atoms. The monoisotopic (exact) mass is 481 g/mol. The van der Waals surface area contributed by atoms with Crippen molar-refractivity contribution in [3.63, 3.8) is 0 Å². The van der Waals surface area contributed by atoms with Crippen LogP contribution >= 0.6 is 15.9 Å². The van der Waals surface area contributed by atoms with Crippen molar-refractivity contribution >= 4 is 45.0 Å². The molecule has 0 unspecified atom stereocenters. The summed E-state index contributed by atoms with van der Waals surface area (Å²) in [7, 11) is 1.52. The molecule has 0 aliphatic carbocycles. The second kappa shape index (κ2) is 6.40. The largest absolute Gasteiger partial charge is 0.495 e. The highest BCUT2D eigenvalue weighted by atomic mass is 79.9. The third-order valence-electron chi connectivity index (χ3n) is 7.28. The van der Waals surface area contributed by atoms with Gasteiger partial charge in [-0.05, 0) is 49.7 Å². The van der Waals surface area contributed by atoms with Gasteiger partial charge >= 0.3 is 0 Å². The number of carbonyl (C=O) groups is 3. The molecule has 0 aromatic heterocycles. The van der Waals surface area contributed by atoms with Gasteiger partial charge in [-0.15, -0.1) is 0 Å². The normalized spacial score (nSPS) is 31.2. The quantitative estimate of drug-likeness (QED) is 0.667. The molecule has 0 saturated carbocycles. The molecule has 2 aromatic rings. The predicted octanol–water partition coefficient (Wildman–Crippen LogP) is 2.89. The molecule has 0 radical (unpaired) electrons. The van der Waals surface area contributed by atoms with Gasteiger partial charge in [-0.3, -0.25) is 19.3 Å². The minimum Gasteiger partial charge on any atom is -0.495 e. The second-order valence-electron chi connectivity index (χ2n) is 8.50. The molecule has 4 atom stereocenters. The van der Waals surface area contributed by atoms with Gasteiger partial charge in [-0.2, -0.15) is 0 Å². The summed E-state index contributed by atoms with van der Waals surface area (Å²) in [5, 5.41) is 2.99. The lowest BCUT2D eigenvalue weighted by molar-refractivity contribution is -0.135.